The van der Waals surface area contributed by atoms with Crippen LogP contribution in [0.1, 0.15) is 29.8 Å². The second-order valence-electron chi connectivity index (χ2n) is 5.76. The third-order valence-electron chi connectivity index (χ3n) is 4.08. The molecule has 0 aliphatic rings. The van der Waals surface area contributed by atoms with Gasteiger partial charge in [-0.2, -0.15) is 5.10 Å². The lowest BCUT2D eigenvalue weighted by atomic mass is 10.1. The average Bonchev–Trinajstić information content (AvgIpc) is 2.88. The van der Waals surface area contributed by atoms with E-state index in [4.69, 9.17) is 23.2 Å². The number of rotatable bonds is 5. The maximum absolute atomic E-state index is 6.56. The largest absolute Gasteiger partial charge is 0.306 e. The molecule has 3 nitrogen and oxygen atoms in total. The predicted octanol–water partition coefficient (Wildman–Crippen LogP) is 5.34. The number of aryl methyl sites for hydroxylation is 1. The molecule has 3 rings (SSSR count). The highest BCUT2D eigenvalue weighted by molar-refractivity contribution is 6.30. The number of nitrogens with one attached hydrogen (secondary N) is 1. The molecule has 1 aromatic heterocycles. The van der Waals surface area contributed by atoms with Gasteiger partial charge in [0, 0.05) is 23.2 Å². The molecule has 0 saturated carbocycles. The topological polar surface area (TPSA) is 29.9 Å². The maximum Gasteiger partial charge on any atom is 0.137 e. The van der Waals surface area contributed by atoms with E-state index in [0.717, 1.165) is 22.0 Å². The zero-order chi connectivity index (χ0) is 17.1. The van der Waals surface area contributed by atoms with Crippen LogP contribution >= 0.6 is 23.2 Å². The highest BCUT2D eigenvalue weighted by Gasteiger charge is 2.15. The minimum Gasteiger partial charge on any atom is -0.306 e. The summed E-state index contributed by atoms with van der Waals surface area (Å²) in [6.45, 7) is 4.75. The van der Waals surface area contributed by atoms with Gasteiger partial charge in [0.25, 0.3) is 0 Å². The van der Waals surface area contributed by atoms with Gasteiger partial charge < -0.3 is 5.32 Å². The molecule has 1 N–H and O–H groups in total. The molecular weight excluding hydrogens is 341 g/mol. The lowest BCUT2D eigenvalue weighted by molar-refractivity contribution is 0.573. The van der Waals surface area contributed by atoms with E-state index >= 15 is 0 Å². The number of halogens is 2. The minimum atomic E-state index is 0.192. The van der Waals surface area contributed by atoms with E-state index in [2.05, 4.69) is 17.3 Å². The van der Waals surface area contributed by atoms with Crippen molar-refractivity contribution in [2.45, 2.75) is 26.4 Å². The number of nitrogens with zero attached hydrogens (tertiary/aromatic N) is 2. The second kappa shape index (κ2) is 7.39. The fraction of sp³-hybridized carbons (Fsp3) is 0.211. The Labute approximate surface area is 152 Å². The van der Waals surface area contributed by atoms with Crippen molar-refractivity contribution in [3.05, 3.63) is 81.6 Å². The fourth-order valence-electron chi connectivity index (χ4n) is 2.60. The van der Waals surface area contributed by atoms with E-state index in [1.54, 1.807) is 4.68 Å². The third kappa shape index (κ3) is 3.64. The molecule has 5 heteroatoms. The molecule has 0 radical (unpaired) electrons. The van der Waals surface area contributed by atoms with Crippen LogP contribution in [-0.2, 0) is 6.54 Å². The first kappa shape index (κ1) is 17.0. The van der Waals surface area contributed by atoms with Crippen LogP contribution in [-0.4, -0.2) is 9.78 Å². The third-order valence-corrected chi connectivity index (χ3v) is 4.72. The van der Waals surface area contributed by atoms with Gasteiger partial charge in [0.1, 0.15) is 5.15 Å². The molecule has 0 amide bonds. The van der Waals surface area contributed by atoms with Gasteiger partial charge in [0.05, 0.1) is 11.4 Å². The first-order chi connectivity index (χ1) is 11.6. The number of benzene rings is 2. The highest BCUT2D eigenvalue weighted by Crippen LogP contribution is 2.24. The van der Waals surface area contributed by atoms with Crippen molar-refractivity contribution in [3.63, 3.8) is 0 Å². The lowest BCUT2D eigenvalue weighted by Gasteiger charge is -2.14. The van der Waals surface area contributed by atoms with Gasteiger partial charge in [0.15, 0.2) is 0 Å². The van der Waals surface area contributed by atoms with Crippen molar-refractivity contribution in [3.8, 4) is 5.69 Å². The molecule has 2 aromatic carbocycles. The van der Waals surface area contributed by atoms with Crippen LogP contribution in [0.25, 0.3) is 5.69 Å². The van der Waals surface area contributed by atoms with Crippen molar-refractivity contribution >= 4 is 23.2 Å². The van der Waals surface area contributed by atoms with Crippen LogP contribution in [0.5, 0.6) is 0 Å². The predicted molar refractivity (Wildman–Crippen MR) is 100 cm³/mol. The Hall–Kier alpha value is -1.81. The Balaban J connectivity index is 1.76. The quantitative estimate of drug-likeness (QED) is 0.666. The van der Waals surface area contributed by atoms with Crippen molar-refractivity contribution < 1.29 is 0 Å². The molecule has 0 bridgehead atoms. The van der Waals surface area contributed by atoms with Crippen molar-refractivity contribution in [1.82, 2.24) is 15.1 Å². The molecule has 24 heavy (non-hydrogen) atoms. The molecule has 0 aliphatic heterocycles. The Bertz CT molecular complexity index is 811. The molecule has 3 aromatic rings. The van der Waals surface area contributed by atoms with Crippen molar-refractivity contribution in [1.29, 1.82) is 0 Å². The van der Waals surface area contributed by atoms with Gasteiger partial charge in [0.2, 0.25) is 0 Å². The Kier molecular flexibility index (Phi) is 5.24. The fourth-order valence-corrected chi connectivity index (χ4v) is 3.06. The molecule has 0 saturated heterocycles. The number of hydrogen-bond acceptors (Lipinski definition) is 2. The van der Waals surface area contributed by atoms with Gasteiger partial charge in [-0.3, -0.25) is 0 Å². The summed E-state index contributed by atoms with van der Waals surface area (Å²) in [6.07, 6.45) is 0. The number of hydrogen-bond donors (Lipinski definition) is 1. The Morgan fingerprint density at radius 3 is 2.38 bits per heavy atom. The summed E-state index contributed by atoms with van der Waals surface area (Å²) in [5.41, 5.74) is 4.09. The highest BCUT2D eigenvalue weighted by atomic mass is 35.5. The average molecular weight is 360 g/mol. The molecule has 1 heterocycles. The minimum absolute atomic E-state index is 0.192. The second-order valence-corrected chi connectivity index (χ2v) is 6.55. The molecular formula is C19H19Cl2N3. The van der Waals surface area contributed by atoms with E-state index in [-0.39, 0.29) is 6.04 Å². The van der Waals surface area contributed by atoms with E-state index in [1.807, 2.05) is 61.5 Å². The number of aromatic nitrogens is 2. The number of para-hydroxylation sites is 1. The van der Waals surface area contributed by atoms with Crippen LogP contribution in [0.15, 0.2) is 54.6 Å². The van der Waals surface area contributed by atoms with Crippen LogP contribution in [0.3, 0.4) is 0 Å². The molecule has 0 fully saturated rings. The summed E-state index contributed by atoms with van der Waals surface area (Å²) in [4.78, 5) is 0. The zero-order valence-electron chi connectivity index (χ0n) is 13.6. The molecule has 124 valence electrons. The summed E-state index contributed by atoms with van der Waals surface area (Å²) in [7, 11) is 0. The van der Waals surface area contributed by atoms with Crippen LogP contribution in [0.2, 0.25) is 10.2 Å². The smallest absolute Gasteiger partial charge is 0.137 e. The summed E-state index contributed by atoms with van der Waals surface area (Å²) in [5, 5.41) is 9.46. The van der Waals surface area contributed by atoms with Crippen LogP contribution < -0.4 is 5.32 Å². The molecule has 0 spiro atoms. The maximum atomic E-state index is 6.56. The normalized spacial score (nSPS) is 12.3. The molecule has 0 aliphatic carbocycles. The molecule has 1 atom stereocenters. The van der Waals surface area contributed by atoms with E-state index < -0.39 is 0 Å². The Morgan fingerprint density at radius 2 is 1.71 bits per heavy atom. The SMILES string of the molecule is Cc1nn(-c2ccccc2)c(Cl)c1CN[C@@H](C)c1ccc(Cl)cc1. The lowest BCUT2D eigenvalue weighted by Crippen LogP contribution is -2.18. The monoisotopic (exact) mass is 359 g/mol. The summed E-state index contributed by atoms with van der Waals surface area (Å²) >= 11 is 12.5. The van der Waals surface area contributed by atoms with Gasteiger partial charge in [-0.15, -0.1) is 0 Å². The Morgan fingerprint density at radius 1 is 1.04 bits per heavy atom. The summed E-state index contributed by atoms with van der Waals surface area (Å²) in [5.74, 6) is 0. The zero-order valence-corrected chi connectivity index (χ0v) is 15.1. The van der Waals surface area contributed by atoms with Gasteiger partial charge in [-0.05, 0) is 43.7 Å². The first-order valence-corrected chi connectivity index (χ1v) is 8.60. The summed E-state index contributed by atoms with van der Waals surface area (Å²) in [6, 6.07) is 18.0. The van der Waals surface area contributed by atoms with E-state index in [1.165, 1.54) is 5.56 Å². The van der Waals surface area contributed by atoms with Crippen molar-refractivity contribution in [2.24, 2.45) is 0 Å². The van der Waals surface area contributed by atoms with E-state index in [0.29, 0.717) is 11.7 Å². The van der Waals surface area contributed by atoms with Crippen molar-refractivity contribution in [2.75, 3.05) is 0 Å². The van der Waals surface area contributed by atoms with Crippen LogP contribution in [0, 0.1) is 6.92 Å². The first-order valence-electron chi connectivity index (χ1n) is 7.84. The van der Waals surface area contributed by atoms with Gasteiger partial charge in [-0.1, -0.05) is 53.5 Å². The van der Waals surface area contributed by atoms with E-state index in [9.17, 15) is 0 Å². The van der Waals surface area contributed by atoms with Crippen LogP contribution in [0.4, 0.5) is 0 Å². The van der Waals surface area contributed by atoms with Gasteiger partial charge >= 0.3 is 0 Å². The van der Waals surface area contributed by atoms with Gasteiger partial charge in [-0.25, -0.2) is 4.68 Å². The summed E-state index contributed by atoms with van der Waals surface area (Å²) < 4.78 is 1.78. The molecule has 0 unspecified atom stereocenters. The standard InChI is InChI=1S/C19H19Cl2N3/c1-13(15-8-10-16(20)11-9-15)22-12-18-14(2)23-24(19(18)21)17-6-4-3-5-7-17/h3-11,13,22H,12H2,1-2H3/t13-/m0/s1.